The quantitative estimate of drug-likeness (QED) is 0.700. The number of urea groups is 1. The Morgan fingerprint density at radius 3 is 2.32 bits per heavy atom. The van der Waals surface area contributed by atoms with E-state index in [0.29, 0.717) is 23.4 Å². The molecule has 0 bridgehead atoms. The van der Waals surface area contributed by atoms with Crippen molar-refractivity contribution in [1.29, 1.82) is 0 Å². The normalized spacial score (nSPS) is 17.7. The fourth-order valence-electron chi connectivity index (χ4n) is 2.74. The van der Waals surface area contributed by atoms with Crippen LogP contribution >= 0.6 is 11.6 Å². The second kappa shape index (κ2) is 8.15. The highest BCUT2D eigenvalue weighted by molar-refractivity contribution is 7.91. The largest absolute Gasteiger partial charge is 0.334 e. The maximum absolute atomic E-state index is 13.2. The van der Waals surface area contributed by atoms with Crippen molar-refractivity contribution >= 4 is 44.8 Å². The molecule has 0 saturated carbocycles. The lowest BCUT2D eigenvalue weighted by Crippen LogP contribution is -2.38. The summed E-state index contributed by atoms with van der Waals surface area (Å²) in [6, 6.07) is 9.03. The second-order valence-electron chi connectivity index (χ2n) is 6.36. The third-order valence-electron chi connectivity index (χ3n) is 4.15. The summed E-state index contributed by atoms with van der Waals surface area (Å²) in [6.07, 6.45) is 0.391. The minimum Gasteiger partial charge on any atom is -0.334 e. The van der Waals surface area contributed by atoms with Gasteiger partial charge in [0.15, 0.2) is 9.84 Å². The molecule has 3 amide bonds. The minimum atomic E-state index is -3.08. The maximum atomic E-state index is 13.2. The first-order valence-corrected chi connectivity index (χ1v) is 10.6. The summed E-state index contributed by atoms with van der Waals surface area (Å²) in [6.45, 7) is 0. The summed E-state index contributed by atoms with van der Waals surface area (Å²) in [4.78, 5) is 24.2. The topological polar surface area (TPSA) is 104 Å². The Hall–Kier alpha value is -2.65. The predicted molar refractivity (Wildman–Crippen MR) is 105 cm³/mol. The van der Waals surface area contributed by atoms with Gasteiger partial charge in [-0.05, 0) is 48.9 Å². The first kappa shape index (κ1) is 20.1. The van der Waals surface area contributed by atoms with E-state index in [-0.39, 0.29) is 16.5 Å². The van der Waals surface area contributed by atoms with Crippen LogP contribution in [0.4, 0.5) is 20.6 Å². The fourth-order valence-corrected chi connectivity index (χ4v) is 4.60. The average Bonchev–Trinajstić information content (AvgIpc) is 2.97. The zero-order valence-corrected chi connectivity index (χ0v) is 16.1. The zero-order chi connectivity index (χ0) is 20.3. The number of carbonyl (C=O) groups excluding carboxylic acids is 2. The molecule has 2 aromatic carbocycles. The van der Waals surface area contributed by atoms with Crippen molar-refractivity contribution in [1.82, 2.24) is 5.32 Å². The van der Waals surface area contributed by atoms with Crippen molar-refractivity contribution in [2.24, 2.45) is 0 Å². The van der Waals surface area contributed by atoms with Gasteiger partial charge < -0.3 is 16.0 Å². The van der Waals surface area contributed by atoms with Gasteiger partial charge in [-0.25, -0.2) is 17.6 Å². The van der Waals surface area contributed by atoms with E-state index in [1.54, 1.807) is 0 Å². The molecule has 0 unspecified atom stereocenters. The molecule has 2 aromatic rings. The number of sulfone groups is 1. The summed E-state index contributed by atoms with van der Waals surface area (Å²) < 4.78 is 36.0. The molecule has 1 atom stereocenters. The molecule has 7 nitrogen and oxygen atoms in total. The Labute approximate surface area is 166 Å². The number of anilines is 2. The van der Waals surface area contributed by atoms with E-state index >= 15 is 0 Å². The van der Waals surface area contributed by atoms with Gasteiger partial charge in [-0.15, -0.1) is 0 Å². The molecule has 1 heterocycles. The second-order valence-corrected chi connectivity index (χ2v) is 8.99. The molecule has 148 valence electrons. The lowest BCUT2D eigenvalue weighted by atomic mass is 10.2. The lowest BCUT2D eigenvalue weighted by molar-refractivity contribution is 0.102. The van der Waals surface area contributed by atoms with E-state index in [9.17, 15) is 22.4 Å². The standard InChI is InChI=1S/C18H17ClFN3O4S/c19-15-9-13(5-6-16(15)20)21-17(24)11-1-3-12(4-2-11)22-18(25)23-14-7-8-28(26,27)10-14/h1-6,9,14H,7-8,10H2,(H,21,24)(H2,22,23,25)/t14-/m1/s1. The molecule has 1 aliphatic heterocycles. The van der Waals surface area contributed by atoms with E-state index in [0.717, 1.165) is 6.07 Å². The maximum Gasteiger partial charge on any atom is 0.319 e. The monoisotopic (exact) mass is 425 g/mol. The third kappa shape index (κ3) is 5.20. The molecule has 0 spiro atoms. The summed E-state index contributed by atoms with van der Waals surface area (Å²) in [7, 11) is -3.08. The van der Waals surface area contributed by atoms with Crippen LogP contribution in [0.2, 0.25) is 5.02 Å². The average molecular weight is 426 g/mol. The SMILES string of the molecule is O=C(Nc1ccc(C(=O)Nc2ccc(F)c(Cl)c2)cc1)N[C@@H]1CCS(=O)(=O)C1. The van der Waals surface area contributed by atoms with E-state index in [2.05, 4.69) is 16.0 Å². The van der Waals surface area contributed by atoms with E-state index in [4.69, 9.17) is 11.6 Å². The van der Waals surface area contributed by atoms with Crippen molar-refractivity contribution in [2.75, 3.05) is 22.1 Å². The van der Waals surface area contributed by atoms with E-state index < -0.39 is 33.6 Å². The third-order valence-corrected chi connectivity index (χ3v) is 6.21. The van der Waals surface area contributed by atoms with Gasteiger partial charge in [0.1, 0.15) is 5.82 Å². The molecule has 0 radical (unpaired) electrons. The molecule has 1 fully saturated rings. The number of halogens is 2. The van der Waals surface area contributed by atoms with Gasteiger partial charge in [0.25, 0.3) is 5.91 Å². The molecule has 10 heteroatoms. The van der Waals surface area contributed by atoms with Crippen LogP contribution < -0.4 is 16.0 Å². The van der Waals surface area contributed by atoms with Gasteiger partial charge in [0.2, 0.25) is 0 Å². The first-order chi connectivity index (χ1) is 13.2. The summed E-state index contributed by atoms with van der Waals surface area (Å²) >= 11 is 5.68. The fraction of sp³-hybridized carbons (Fsp3) is 0.222. The number of nitrogens with one attached hydrogen (secondary N) is 3. The van der Waals surface area contributed by atoms with Gasteiger partial charge >= 0.3 is 6.03 Å². The highest BCUT2D eigenvalue weighted by atomic mass is 35.5. The Morgan fingerprint density at radius 2 is 1.71 bits per heavy atom. The number of hydrogen-bond acceptors (Lipinski definition) is 4. The van der Waals surface area contributed by atoms with Crippen LogP contribution in [0.5, 0.6) is 0 Å². The van der Waals surface area contributed by atoms with Crippen LogP contribution in [0, 0.1) is 5.82 Å². The Kier molecular flexibility index (Phi) is 5.85. The number of benzene rings is 2. The summed E-state index contributed by atoms with van der Waals surface area (Å²) in [5, 5.41) is 7.70. The van der Waals surface area contributed by atoms with Gasteiger partial charge in [-0.1, -0.05) is 11.6 Å². The van der Waals surface area contributed by atoms with Gasteiger partial charge in [-0.3, -0.25) is 4.79 Å². The molecule has 3 N–H and O–H groups in total. The highest BCUT2D eigenvalue weighted by Gasteiger charge is 2.28. The Balaban J connectivity index is 1.56. The van der Waals surface area contributed by atoms with Crippen molar-refractivity contribution < 1.29 is 22.4 Å². The van der Waals surface area contributed by atoms with Crippen molar-refractivity contribution in [3.8, 4) is 0 Å². The smallest absolute Gasteiger partial charge is 0.319 e. The van der Waals surface area contributed by atoms with E-state index in [1.807, 2.05) is 0 Å². The number of rotatable bonds is 4. The van der Waals surface area contributed by atoms with Crippen LogP contribution in [-0.2, 0) is 9.84 Å². The van der Waals surface area contributed by atoms with Crippen molar-refractivity contribution in [2.45, 2.75) is 12.5 Å². The van der Waals surface area contributed by atoms with Crippen LogP contribution in [0.1, 0.15) is 16.8 Å². The molecule has 0 aliphatic carbocycles. The Bertz CT molecular complexity index is 1010. The molecule has 0 aromatic heterocycles. The van der Waals surface area contributed by atoms with Gasteiger partial charge in [0, 0.05) is 23.0 Å². The van der Waals surface area contributed by atoms with Crippen LogP contribution in [0.3, 0.4) is 0 Å². The number of amides is 3. The van der Waals surface area contributed by atoms with Gasteiger partial charge in [-0.2, -0.15) is 0 Å². The van der Waals surface area contributed by atoms with Crippen LogP contribution in [0.25, 0.3) is 0 Å². The molecular formula is C18H17ClFN3O4S. The van der Waals surface area contributed by atoms with Crippen molar-refractivity contribution in [3.05, 3.63) is 58.9 Å². The molecule has 3 rings (SSSR count). The minimum absolute atomic E-state index is 0.0626. The van der Waals surface area contributed by atoms with E-state index in [1.165, 1.54) is 36.4 Å². The number of hydrogen-bond donors (Lipinski definition) is 3. The highest BCUT2D eigenvalue weighted by Crippen LogP contribution is 2.20. The van der Waals surface area contributed by atoms with Gasteiger partial charge in [0.05, 0.1) is 16.5 Å². The predicted octanol–water partition coefficient (Wildman–Crippen LogP) is 3.04. The van der Waals surface area contributed by atoms with Crippen molar-refractivity contribution in [3.63, 3.8) is 0 Å². The molecule has 1 aliphatic rings. The molecule has 1 saturated heterocycles. The van der Waals surface area contributed by atoms with Crippen LogP contribution in [0.15, 0.2) is 42.5 Å². The Morgan fingerprint density at radius 1 is 1.04 bits per heavy atom. The van der Waals surface area contributed by atoms with Crippen LogP contribution in [-0.4, -0.2) is 37.9 Å². The summed E-state index contributed by atoms with van der Waals surface area (Å²) in [5.74, 6) is -0.994. The molecule has 28 heavy (non-hydrogen) atoms. The lowest BCUT2D eigenvalue weighted by Gasteiger charge is -2.12. The number of carbonyl (C=O) groups is 2. The zero-order valence-electron chi connectivity index (χ0n) is 14.5. The molecular weight excluding hydrogens is 409 g/mol. The first-order valence-electron chi connectivity index (χ1n) is 8.36. The summed E-state index contributed by atoms with van der Waals surface area (Å²) in [5.41, 5.74) is 1.12.